The van der Waals surface area contributed by atoms with Crippen LogP contribution in [0.1, 0.15) is 6.42 Å². The molecule has 0 aromatic carbocycles. The fourth-order valence-electron chi connectivity index (χ4n) is 1.69. The fourth-order valence-corrected chi connectivity index (χ4v) is 2.74. The first kappa shape index (κ1) is 11.1. The van der Waals surface area contributed by atoms with E-state index >= 15 is 0 Å². The lowest BCUT2D eigenvalue weighted by molar-refractivity contribution is -0.152. The van der Waals surface area contributed by atoms with E-state index in [-0.39, 0.29) is 12.5 Å². The third-order valence-electron chi connectivity index (χ3n) is 2.44. The second kappa shape index (κ2) is 4.23. The van der Waals surface area contributed by atoms with Crippen molar-refractivity contribution in [2.45, 2.75) is 36.5 Å². The summed E-state index contributed by atoms with van der Waals surface area (Å²) in [6, 6.07) is -0.220. The highest BCUT2D eigenvalue weighted by Gasteiger charge is 2.44. The minimum atomic E-state index is -2.65. The van der Waals surface area contributed by atoms with Gasteiger partial charge in [-0.05, 0) is 0 Å². The van der Waals surface area contributed by atoms with Gasteiger partial charge in [-0.15, -0.1) is 0 Å². The Morgan fingerprint density at radius 1 is 1.67 bits per heavy atom. The number of hydrogen-bond acceptors (Lipinski definition) is 5. The highest BCUT2D eigenvalue weighted by atomic mass is 32.2. The van der Waals surface area contributed by atoms with E-state index in [2.05, 4.69) is 10.3 Å². The molecule has 1 saturated heterocycles. The van der Waals surface area contributed by atoms with E-state index in [1.807, 2.05) is 0 Å². The minimum absolute atomic E-state index is 0.220. The molecule has 0 unspecified atom stereocenters. The van der Waals surface area contributed by atoms with E-state index in [1.165, 1.54) is 11.8 Å². The fraction of sp³-hybridized carbons (Fsp3) is 0.875. The molecule has 2 aliphatic rings. The lowest BCUT2D eigenvalue weighted by Gasteiger charge is -2.33. The average molecular weight is 238 g/mol. The van der Waals surface area contributed by atoms with Gasteiger partial charge in [0.05, 0.1) is 12.1 Å². The Hall–Kier alpha value is -0.400. The molecule has 0 radical (unpaired) electrons. The summed E-state index contributed by atoms with van der Waals surface area (Å²) < 4.78 is 30.0. The number of hydrogen-bond donors (Lipinski definition) is 2. The van der Waals surface area contributed by atoms with Gasteiger partial charge in [-0.1, -0.05) is 11.8 Å². The normalized spacial score (nSPS) is 40.2. The number of aliphatic hydroxyl groups is 1. The molecule has 0 aliphatic carbocycles. The van der Waals surface area contributed by atoms with Crippen molar-refractivity contribution < 1.29 is 18.6 Å². The van der Waals surface area contributed by atoms with Crippen molar-refractivity contribution in [1.29, 1.82) is 0 Å². The molecule has 2 heterocycles. The summed E-state index contributed by atoms with van der Waals surface area (Å²) in [7, 11) is 1.71. The lowest BCUT2D eigenvalue weighted by atomic mass is 10.0. The molecule has 0 amide bonds. The maximum absolute atomic E-state index is 12.5. The number of thioether (sulfide) groups is 1. The summed E-state index contributed by atoms with van der Waals surface area (Å²) in [4.78, 5) is 4.21. The average Bonchev–Trinajstić information content (AvgIpc) is 2.58. The number of halogens is 2. The molecule has 15 heavy (non-hydrogen) atoms. The van der Waals surface area contributed by atoms with Gasteiger partial charge in [-0.25, -0.2) is 8.78 Å². The van der Waals surface area contributed by atoms with Crippen molar-refractivity contribution in [1.82, 2.24) is 5.32 Å². The van der Waals surface area contributed by atoms with Crippen molar-refractivity contribution in [2.24, 2.45) is 4.99 Å². The molecule has 2 aliphatic heterocycles. The number of alkyl halides is 2. The Balaban J connectivity index is 2.03. The van der Waals surface area contributed by atoms with Gasteiger partial charge in [0.1, 0.15) is 11.5 Å². The first-order valence-electron chi connectivity index (χ1n) is 4.65. The number of rotatable bonds is 1. The van der Waals surface area contributed by atoms with Crippen molar-refractivity contribution in [3.63, 3.8) is 0 Å². The van der Waals surface area contributed by atoms with Crippen LogP contribution >= 0.6 is 11.8 Å². The van der Waals surface area contributed by atoms with Crippen LogP contribution in [0.15, 0.2) is 4.99 Å². The monoisotopic (exact) mass is 238 g/mol. The Morgan fingerprint density at radius 3 is 3.00 bits per heavy atom. The number of fused-ring (bicyclic) bond motifs is 1. The highest BCUT2D eigenvalue weighted by Crippen LogP contribution is 2.36. The van der Waals surface area contributed by atoms with Crippen LogP contribution in [0.5, 0.6) is 0 Å². The van der Waals surface area contributed by atoms with E-state index in [0.29, 0.717) is 5.17 Å². The summed E-state index contributed by atoms with van der Waals surface area (Å²) in [5.74, 6) is 0. The Morgan fingerprint density at radius 2 is 2.40 bits per heavy atom. The number of ether oxygens (including phenoxy) is 1. The summed E-state index contributed by atoms with van der Waals surface area (Å²) >= 11 is 1.29. The van der Waals surface area contributed by atoms with Crippen LogP contribution in [-0.2, 0) is 4.74 Å². The van der Waals surface area contributed by atoms with Gasteiger partial charge >= 0.3 is 0 Å². The number of nitrogens with one attached hydrogen (secondary N) is 1. The minimum Gasteiger partial charge on any atom is -0.390 e. The quantitative estimate of drug-likeness (QED) is 0.695. The molecule has 2 N–H and O–H groups in total. The molecule has 0 spiro atoms. The standard InChI is InChI=1S/C8H12F2N2O2S/c1-11-8-12-3-2-4(13)5(6(9)10)14-7(3)15-8/h3-7,13H,2H2,1H3,(H,11,12)/t3-,4+,5+,7-/m1/s1. The maximum atomic E-state index is 12.5. The maximum Gasteiger partial charge on any atom is 0.266 e. The molecule has 0 bridgehead atoms. The molecule has 0 aromatic heterocycles. The van der Waals surface area contributed by atoms with Crippen LogP contribution in [0.3, 0.4) is 0 Å². The predicted octanol–water partition coefficient (Wildman–Crippen LogP) is 0.418. The third-order valence-corrected chi connectivity index (χ3v) is 3.63. The molecule has 0 aromatic rings. The van der Waals surface area contributed by atoms with E-state index < -0.39 is 24.1 Å². The molecule has 4 nitrogen and oxygen atoms in total. The van der Waals surface area contributed by atoms with Gasteiger partial charge in [-0.2, -0.15) is 0 Å². The molecular formula is C8H12F2N2O2S. The molecule has 7 heteroatoms. The lowest BCUT2D eigenvalue weighted by Crippen LogP contribution is -2.47. The van der Waals surface area contributed by atoms with Crippen LogP contribution in [0.25, 0.3) is 0 Å². The number of aliphatic imine (C=N–C) groups is 1. The Bertz CT molecular complexity index is 277. The SMILES string of the molecule is CNC1=N[C@@H]2C[C@H](O)[C@@H](C(F)F)O[C@@H]2S1. The van der Waals surface area contributed by atoms with Gasteiger partial charge in [0.2, 0.25) is 0 Å². The Kier molecular flexibility index (Phi) is 3.13. The van der Waals surface area contributed by atoms with Gasteiger partial charge in [-0.3, -0.25) is 4.99 Å². The molecule has 2 rings (SSSR count). The smallest absolute Gasteiger partial charge is 0.266 e. The van der Waals surface area contributed by atoms with Crippen LogP contribution < -0.4 is 5.32 Å². The van der Waals surface area contributed by atoms with Gasteiger partial charge in [0, 0.05) is 13.5 Å². The first-order valence-corrected chi connectivity index (χ1v) is 5.53. The van der Waals surface area contributed by atoms with Crippen LogP contribution in [-0.4, -0.2) is 47.4 Å². The van der Waals surface area contributed by atoms with E-state index in [1.54, 1.807) is 7.05 Å². The van der Waals surface area contributed by atoms with Gasteiger partial charge in [0.15, 0.2) is 5.17 Å². The number of nitrogens with zero attached hydrogens (tertiary/aromatic N) is 1. The third kappa shape index (κ3) is 2.09. The molecule has 86 valence electrons. The summed E-state index contributed by atoms with van der Waals surface area (Å²) in [6.45, 7) is 0. The summed E-state index contributed by atoms with van der Waals surface area (Å²) in [5.41, 5.74) is -0.394. The molecule has 4 atom stereocenters. The van der Waals surface area contributed by atoms with Crippen molar-refractivity contribution in [3.05, 3.63) is 0 Å². The second-order valence-corrected chi connectivity index (χ2v) is 4.56. The topological polar surface area (TPSA) is 53.9 Å². The number of amidine groups is 1. The number of aliphatic hydroxyl groups excluding tert-OH is 1. The summed E-state index contributed by atoms with van der Waals surface area (Å²) in [5, 5.41) is 13.0. The molecule has 0 saturated carbocycles. The van der Waals surface area contributed by atoms with Crippen molar-refractivity contribution >= 4 is 16.9 Å². The van der Waals surface area contributed by atoms with E-state index in [9.17, 15) is 13.9 Å². The predicted molar refractivity (Wildman–Crippen MR) is 53.2 cm³/mol. The van der Waals surface area contributed by atoms with Crippen LogP contribution in [0.2, 0.25) is 0 Å². The molecular weight excluding hydrogens is 226 g/mol. The van der Waals surface area contributed by atoms with Gasteiger partial charge in [0.25, 0.3) is 6.43 Å². The van der Waals surface area contributed by atoms with Crippen LogP contribution in [0.4, 0.5) is 8.78 Å². The first-order chi connectivity index (χ1) is 7.11. The zero-order valence-electron chi connectivity index (χ0n) is 8.06. The summed E-state index contributed by atoms with van der Waals surface area (Å²) in [6.07, 6.45) is -4.94. The Labute approximate surface area is 90.1 Å². The van der Waals surface area contributed by atoms with Crippen molar-refractivity contribution in [2.75, 3.05) is 7.05 Å². The van der Waals surface area contributed by atoms with E-state index in [4.69, 9.17) is 4.74 Å². The molecule has 1 fully saturated rings. The van der Waals surface area contributed by atoms with Crippen LogP contribution in [0, 0.1) is 0 Å². The van der Waals surface area contributed by atoms with Gasteiger partial charge < -0.3 is 15.2 Å². The zero-order chi connectivity index (χ0) is 11.0. The van der Waals surface area contributed by atoms with Crippen molar-refractivity contribution in [3.8, 4) is 0 Å². The second-order valence-electron chi connectivity index (χ2n) is 3.48. The zero-order valence-corrected chi connectivity index (χ0v) is 8.88. The van der Waals surface area contributed by atoms with E-state index in [0.717, 1.165) is 0 Å². The highest BCUT2D eigenvalue weighted by molar-refractivity contribution is 8.14. The largest absolute Gasteiger partial charge is 0.390 e.